The number of primary amides is 1. The number of aryl methyl sites for hydroxylation is 1. The first-order valence-corrected chi connectivity index (χ1v) is 11.9. The molecule has 162 valence electrons. The molecule has 0 aliphatic carbocycles. The van der Waals surface area contributed by atoms with Gasteiger partial charge in [-0.2, -0.15) is 4.31 Å². The summed E-state index contributed by atoms with van der Waals surface area (Å²) < 4.78 is 29.5. The van der Waals surface area contributed by atoms with Crippen LogP contribution in [0.4, 0.5) is 0 Å². The molecule has 1 aliphatic rings. The minimum atomic E-state index is -3.75. The van der Waals surface area contributed by atoms with Crippen LogP contribution < -0.4 is 11.1 Å². The number of nitrogens with zero attached hydrogens (tertiary/aromatic N) is 2. The second-order valence-electron chi connectivity index (χ2n) is 7.47. The van der Waals surface area contributed by atoms with Gasteiger partial charge in [-0.3, -0.25) is 9.59 Å². The van der Waals surface area contributed by atoms with Crippen molar-refractivity contribution in [1.29, 1.82) is 0 Å². The molecule has 2 heterocycles. The van der Waals surface area contributed by atoms with E-state index in [1.807, 2.05) is 31.2 Å². The number of hydrogen-bond acceptors (Lipinski definition) is 4. The largest absolute Gasteiger partial charge is 0.364 e. The number of rotatable bonds is 6. The summed E-state index contributed by atoms with van der Waals surface area (Å²) in [6.07, 6.45) is 2.25. The van der Waals surface area contributed by atoms with Crippen molar-refractivity contribution in [3.8, 4) is 0 Å². The third-order valence-electron chi connectivity index (χ3n) is 5.43. The molecule has 2 amide bonds. The number of carbonyl (C=O) groups is 2. The predicted molar refractivity (Wildman–Crippen MR) is 116 cm³/mol. The zero-order valence-electron chi connectivity index (χ0n) is 16.8. The molecule has 0 radical (unpaired) electrons. The van der Waals surface area contributed by atoms with Crippen LogP contribution in [0, 0.1) is 5.92 Å². The summed E-state index contributed by atoms with van der Waals surface area (Å²) in [4.78, 5) is 24.1. The first-order chi connectivity index (χ1) is 14.1. The molecule has 30 heavy (non-hydrogen) atoms. The summed E-state index contributed by atoms with van der Waals surface area (Å²) in [6, 6.07) is 8.83. The van der Waals surface area contributed by atoms with Crippen LogP contribution in [0.2, 0.25) is 0 Å². The molecule has 1 saturated heterocycles. The van der Waals surface area contributed by atoms with E-state index in [1.165, 1.54) is 21.1 Å². The quantitative estimate of drug-likeness (QED) is 0.637. The molecule has 1 atom stereocenters. The molecule has 0 bridgehead atoms. The van der Waals surface area contributed by atoms with Gasteiger partial charge < -0.3 is 15.6 Å². The van der Waals surface area contributed by atoms with Crippen molar-refractivity contribution in [2.75, 3.05) is 13.1 Å². The highest BCUT2D eigenvalue weighted by molar-refractivity contribution is 9.10. The van der Waals surface area contributed by atoms with E-state index in [-0.39, 0.29) is 41.5 Å². The maximum Gasteiger partial charge on any atom is 0.265 e. The van der Waals surface area contributed by atoms with E-state index in [2.05, 4.69) is 21.2 Å². The average molecular weight is 497 g/mol. The number of hydrogen-bond donors (Lipinski definition) is 2. The standard InChI is InChI=1S/C20H25BrN4O4S/c1-13(16-5-3-4-6-17(16)21)23-20(27)14-7-9-25(10-8-14)30(28,29)15-11-18(19(22)26)24(2)12-15/h3-6,11-14H,7-10H2,1-2H3,(H2,22,26)(H,23,27)/t13-/m0/s1. The molecular formula is C20H25BrN4O4S. The van der Waals surface area contributed by atoms with Crippen LogP contribution in [-0.4, -0.2) is 42.2 Å². The van der Waals surface area contributed by atoms with Crippen LogP contribution in [0.5, 0.6) is 0 Å². The Morgan fingerprint density at radius 2 is 1.87 bits per heavy atom. The minimum Gasteiger partial charge on any atom is -0.364 e. The lowest BCUT2D eigenvalue weighted by Crippen LogP contribution is -2.43. The Bertz CT molecular complexity index is 1060. The van der Waals surface area contributed by atoms with Crippen LogP contribution in [0.25, 0.3) is 0 Å². The summed E-state index contributed by atoms with van der Waals surface area (Å²) in [5.41, 5.74) is 6.39. The fourth-order valence-corrected chi connectivity index (χ4v) is 5.83. The lowest BCUT2D eigenvalue weighted by Gasteiger charge is -2.31. The summed E-state index contributed by atoms with van der Waals surface area (Å²) >= 11 is 3.50. The minimum absolute atomic E-state index is 0.0317. The molecule has 3 N–H and O–H groups in total. The summed E-state index contributed by atoms with van der Waals surface area (Å²) in [6.45, 7) is 2.40. The average Bonchev–Trinajstić information content (AvgIpc) is 3.11. The predicted octanol–water partition coefficient (Wildman–Crippen LogP) is 2.16. The van der Waals surface area contributed by atoms with Crippen molar-refractivity contribution in [3.63, 3.8) is 0 Å². The van der Waals surface area contributed by atoms with Crippen LogP contribution in [-0.2, 0) is 21.9 Å². The van der Waals surface area contributed by atoms with Crippen molar-refractivity contribution in [1.82, 2.24) is 14.2 Å². The molecule has 2 aromatic rings. The SMILES string of the molecule is C[C@H](NC(=O)C1CCN(S(=O)(=O)c2cc(C(N)=O)n(C)c2)CC1)c1ccccc1Br. The van der Waals surface area contributed by atoms with Crippen molar-refractivity contribution >= 4 is 37.8 Å². The number of carbonyl (C=O) groups excluding carboxylic acids is 2. The van der Waals surface area contributed by atoms with E-state index in [4.69, 9.17) is 5.73 Å². The first kappa shape index (κ1) is 22.5. The number of nitrogens with one attached hydrogen (secondary N) is 1. The lowest BCUT2D eigenvalue weighted by atomic mass is 9.96. The highest BCUT2D eigenvalue weighted by atomic mass is 79.9. The van der Waals surface area contributed by atoms with Crippen molar-refractivity contribution < 1.29 is 18.0 Å². The van der Waals surface area contributed by atoms with Gasteiger partial charge in [-0.1, -0.05) is 34.1 Å². The van der Waals surface area contributed by atoms with E-state index < -0.39 is 15.9 Å². The van der Waals surface area contributed by atoms with Gasteiger partial charge >= 0.3 is 0 Å². The van der Waals surface area contributed by atoms with Gasteiger partial charge in [0.05, 0.1) is 6.04 Å². The second-order valence-corrected chi connectivity index (χ2v) is 10.3. The third kappa shape index (κ3) is 4.60. The molecule has 0 spiro atoms. The monoisotopic (exact) mass is 496 g/mol. The molecule has 0 saturated carbocycles. The van der Waals surface area contributed by atoms with Gasteiger partial charge in [0.15, 0.2) is 0 Å². The number of nitrogens with two attached hydrogens (primary N) is 1. The Labute approximate surface area is 184 Å². The number of amides is 2. The van der Waals surface area contributed by atoms with Gasteiger partial charge in [-0.25, -0.2) is 8.42 Å². The summed E-state index contributed by atoms with van der Waals surface area (Å²) in [7, 11) is -2.18. The normalized spacial score (nSPS) is 16.9. The second kappa shape index (κ2) is 8.91. The Morgan fingerprint density at radius 3 is 2.43 bits per heavy atom. The lowest BCUT2D eigenvalue weighted by molar-refractivity contribution is -0.126. The van der Waals surface area contributed by atoms with E-state index in [0.717, 1.165) is 10.0 Å². The third-order valence-corrected chi connectivity index (χ3v) is 8.01. The van der Waals surface area contributed by atoms with Gasteiger partial charge in [-0.05, 0) is 37.5 Å². The van der Waals surface area contributed by atoms with E-state index in [9.17, 15) is 18.0 Å². The molecular weight excluding hydrogens is 472 g/mol. The number of sulfonamides is 1. The summed E-state index contributed by atoms with van der Waals surface area (Å²) in [5.74, 6) is -1.02. The Hall–Kier alpha value is -2.17. The Morgan fingerprint density at radius 1 is 1.23 bits per heavy atom. The maximum absolute atomic E-state index is 12.9. The smallest absolute Gasteiger partial charge is 0.265 e. The van der Waals surface area contributed by atoms with E-state index >= 15 is 0 Å². The fourth-order valence-electron chi connectivity index (χ4n) is 3.66. The highest BCUT2D eigenvalue weighted by Gasteiger charge is 2.33. The number of aromatic nitrogens is 1. The van der Waals surface area contributed by atoms with Crippen molar-refractivity contribution in [2.24, 2.45) is 18.7 Å². The Balaban J connectivity index is 1.62. The molecule has 1 aromatic heterocycles. The molecule has 1 fully saturated rings. The zero-order valence-corrected chi connectivity index (χ0v) is 19.2. The van der Waals surface area contributed by atoms with Gasteiger partial charge in [0.2, 0.25) is 15.9 Å². The molecule has 10 heteroatoms. The van der Waals surface area contributed by atoms with Gasteiger partial charge in [0, 0.05) is 36.7 Å². The Kier molecular flexibility index (Phi) is 6.68. The number of halogens is 1. The van der Waals surface area contributed by atoms with E-state index in [1.54, 1.807) is 7.05 Å². The number of benzene rings is 1. The number of piperidine rings is 1. The van der Waals surface area contributed by atoms with Gasteiger partial charge in [-0.15, -0.1) is 0 Å². The summed E-state index contributed by atoms with van der Waals surface area (Å²) in [5, 5.41) is 3.02. The molecule has 1 aliphatic heterocycles. The molecule has 0 unspecified atom stereocenters. The van der Waals surface area contributed by atoms with Crippen molar-refractivity contribution in [2.45, 2.75) is 30.7 Å². The van der Waals surface area contributed by atoms with Crippen molar-refractivity contribution in [3.05, 3.63) is 52.3 Å². The van der Waals surface area contributed by atoms with Crippen LogP contribution in [0.1, 0.15) is 41.9 Å². The van der Waals surface area contributed by atoms with Crippen LogP contribution in [0.15, 0.2) is 45.9 Å². The van der Waals surface area contributed by atoms with Crippen LogP contribution in [0.3, 0.4) is 0 Å². The van der Waals surface area contributed by atoms with Gasteiger partial charge in [0.1, 0.15) is 10.6 Å². The molecule has 8 nitrogen and oxygen atoms in total. The van der Waals surface area contributed by atoms with Crippen LogP contribution >= 0.6 is 15.9 Å². The fraction of sp³-hybridized carbons (Fsp3) is 0.400. The highest BCUT2D eigenvalue weighted by Crippen LogP contribution is 2.27. The topological polar surface area (TPSA) is 114 Å². The zero-order chi connectivity index (χ0) is 22.1. The van der Waals surface area contributed by atoms with E-state index in [0.29, 0.717) is 12.8 Å². The first-order valence-electron chi connectivity index (χ1n) is 9.62. The molecule has 1 aromatic carbocycles. The maximum atomic E-state index is 12.9. The molecule has 3 rings (SSSR count). The van der Waals surface area contributed by atoms with Gasteiger partial charge in [0.25, 0.3) is 5.91 Å².